The van der Waals surface area contributed by atoms with Gasteiger partial charge in [0.15, 0.2) is 0 Å². The van der Waals surface area contributed by atoms with Crippen molar-refractivity contribution < 1.29 is 0 Å². The Kier molecular flexibility index (Phi) is 12.3. The highest BCUT2D eigenvalue weighted by Crippen LogP contribution is 2.02. The third-order valence-corrected chi connectivity index (χ3v) is 1.70. The smallest absolute Gasteiger partial charge is 0.00362 e. The standard InChI is InChI=1S/C8H19N.BrH/c1-3-5-6-7-8(9)4-2;/h8H,3-7,9H2,1-2H3;1H. The number of unbranched alkanes of at least 4 members (excludes halogenated alkanes) is 2. The van der Waals surface area contributed by atoms with Gasteiger partial charge >= 0.3 is 0 Å². The molecule has 1 unspecified atom stereocenters. The Bertz CT molecular complexity index is 57.2. The largest absolute Gasteiger partial charge is 0.328 e. The molecule has 0 bridgehead atoms. The molecule has 1 atom stereocenters. The first-order valence-electron chi connectivity index (χ1n) is 4.06. The van der Waals surface area contributed by atoms with Gasteiger partial charge in [-0.2, -0.15) is 0 Å². The zero-order valence-electron chi connectivity index (χ0n) is 7.10. The number of nitrogens with two attached hydrogens (primary N) is 1. The summed E-state index contributed by atoms with van der Waals surface area (Å²) in [5.74, 6) is 0. The molecule has 0 aromatic carbocycles. The molecular formula is C8H20BrN. The summed E-state index contributed by atoms with van der Waals surface area (Å²) in [5.41, 5.74) is 5.71. The fraction of sp³-hybridized carbons (Fsp3) is 1.00. The normalized spacial score (nSPS) is 12.3. The van der Waals surface area contributed by atoms with Gasteiger partial charge in [0.1, 0.15) is 0 Å². The van der Waals surface area contributed by atoms with Crippen LogP contribution in [0.5, 0.6) is 0 Å². The summed E-state index contributed by atoms with van der Waals surface area (Å²) >= 11 is 0. The molecule has 0 saturated carbocycles. The van der Waals surface area contributed by atoms with E-state index in [-0.39, 0.29) is 17.0 Å². The van der Waals surface area contributed by atoms with Crippen LogP contribution in [-0.2, 0) is 0 Å². The summed E-state index contributed by atoms with van der Waals surface area (Å²) in [6, 6.07) is 0.455. The predicted molar refractivity (Wildman–Crippen MR) is 52.7 cm³/mol. The highest BCUT2D eigenvalue weighted by atomic mass is 79.9. The Balaban J connectivity index is 0. The second kappa shape index (κ2) is 9.44. The third-order valence-electron chi connectivity index (χ3n) is 1.70. The van der Waals surface area contributed by atoms with Gasteiger partial charge in [0.05, 0.1) is 0 Å². The van der Waals surface area contributed by atoms with Gasteiger partial charge in [-0.15, -0.1) is 17.0 Å². The summed E-state index contributed by atoms with van der Waals surface area (Å²) in [5, 5.41) is 0. The Morgan fingerprint density at radius 2 is 1.80 bits per heavy atom. The molecule has 0 aliphatic rings. The summed E-state index contributed by atoms with van der Waals surface area (Å²) in [6.07, 6.45) is 6.30. The Morgan fingerprint density at radius 1 is 1.20 bits per heavy atom. The molecule has 0 rings (SSSR count). The van der Waals surface area contributed by atoms with Gasteiger partial charge in [0.25, 0.3) is 0 Å². The molecule has 0 aromatic rings. The second-order valence-electron chi connectivity index (χ2n) is 2.66. The third kappa shape index (κ3) is 8.44. The Morgan fingerprint density at radius 3 is 2.20 bits per heavy atom. The van der Waals surface area contributed by atoms with E-state index in [0.29, 0.717) is 6.04 Å². The van der Waals surface area contributed by atoms with E-state index in [4.69, 9.17) is 5.73 Å². The minimum atomic E-state index is 0. The monoisotopic (exact) mass is 209 g/mol. The molecule has 0 aliphatic heterocycles. The minimum Gasteiger partial charge on any atom is -0.328 e. The molecule has 64 valence electrons. The van der Waals surface area contributed by atoms with E-state index in [9.17, 15) is 0 Å². The lowest BCUT2D eigenvalue weighted by Gasteiger charge is -2.05. The topological polar surface area (TPSA) is 26.0 Å². The van der Waals surface area contributed by atoms with E-state index < -0.39 is 0 Å². The van der Waals surface area contributed by atoms with Crippen molar-refractivity contribution in [3.63, 3.8) is 0 Å². The van der Waals surface area contributed by atoms with Crippen molar-refractivity contribution in [3.05, 3.63) is 0 Å². The molecule has 0 fully saturated rings. The van der Waals surface area contributed by atoms with Crippen LogP contribution in [-0.4, -0.2) is 6.04 Å². The van der Waals surface area contributed by atoms with Gasteiger partial charge in [-0.05, 0) is 12.8 Å². The van der Waals surface area contributed by atoms with Crippen LogP contribution in [0.25, 0.3) is 0 Å². The van der Waals surface area contributed by atoms with Gasteiger partial charge in [0, 0.05) is 6.04 Å². The predicted octanol–water partition coefficient (Wildman–Crippen LogP) is 2.88. The maximum absolute atomic E-state index is 5.71. The minimum absolute atomic E-state index is 0. The molecule has 0 radical (unpaired) electrons. The SMILES string of the molecule is Br.CCCCCC(N)CC. The lowest BCUT2D eigenvalue weighted by molar-refractivity contribution is 0.547. The van der Waals surface area contributed by atoms with Gasteiger partial charge in [-0.1, -0.05) is 33.1 Å². The van der Waals surface area contributed by atoms with Gasteiger partial charge in [0.2, 0.25) is 0 Å². The molecule has 1 nitrogen and oxygen atoms in total. The Labute approximate surface area is 75.1 Å². The van der Waals surface area contributed by atoms with Crippen LogP contribution in [0.1, 0.15) is 46.0 Å². The van der Waals surface area contributed by atoms with Crippen LogP contribution < -0.4 is 5.73 Å². The lowest BCUT2D eigenvalue weighted by atomic mass is 10.1. The first-order valence-corrected chi connectivity index (χ1v) is 4.06. The highest BCUT2D eigenvalue weighted by molar-refractivity contribution is 8.93. The summed E-state index contributed by atoms with van der Waals surface area (Å²) in [6.45, 7) is 4.37. The summed E-state index contributed by atoms with van der Waals surface area (Å²) in [4.78, 5) is 0. The molecule has 2 N–H and O–H groups in total. The van der Waals surface area contributed by atoms with Crippen molar-refractivity contribution >= 4 is 17.0 Å². The molecule has 0 amide bonds. The highest BCUT2D eigenvalue weighted by Gasteiger charge is 1.95. The molecule has 0 spiro atoms. The maximum Gasteiger partial charge on any atom is 0.00362 e. The van der Waals surface area contributed by atoms with Crippen LogP contribution in [0.3, 0.4) is 0 Å². The average Bonchev–Trinajstić information content (AvgIpc) is 1.89. The van der Waals surface area contributed by atoms with Crippen molar-refractivity contribution in [2.24, 2.45) is 5.73 Å². The molecule has 0 saturated heterocycles. The van der Waals surface area contributed by atoms with E-state index in [1.54, 1.807) is 0 Å². The van der Waals surface area contributed by atoms with Crippen molar-refractivity contribution in [1.29, 1.82) is 0 Å². The van der Waals surface area contributed by atoms with Gasteiger partial charge in [-0.25, -0.2) is 0 Å². The van der Waals surface area contributed by atoms with Gasteiger partial charge < -0.3 is 5.73 Å². The fourth-order valence-electron chi connectivity index (χ4n) is 0.861. The fourth-order valence-corrected chi connectivity index (χ4v) is 0.861. The average molecular weight is 210 g/mol. The lowest BCUT2D eigenvalue weighted by Crippen LogP contribution is -2.17. The van der Waals surface area contributed by atoms with Crippen LogP contribution in [0.2, 0.25) is 0 Å². The molecule has 0 aliphatic carbocycles. The summed E-state index contributed by atoms with van der Waals surface area (Å²) < 4.78 is 0. The number of halogens is 1. The van der Waals surface area contributed by atoms with E-state index in [1.165, 1.54) is 25.7 Å². The van der Waals surface area contributed by atoms with Crippen LogP contribution >= 0.6 is 17.0 Å². The van der Waals surface area contributed by atoms with Crippen molar-refractivity contribution in [1.82, 2.24) is 0 Å². The first-order chi connectivity index (χ1) is 4.31. The van der Waals surface area contributed by atoms with Crippen LogP contribution in [0.4, 0.5) is 0 Å². The molecule has 0 heterocycles. The van der Waals surface area contributed by atoms with Crippen molar-refractivity contribution in [3.8, 4) is 0 Å². The quantitative estimate of drug-likeness (QED) is 0.693. The van der Waals surface area contributed by atoms with Crippen LogP contribution in [0.15, 0.2) is 0 Å². The van der Waals surface area contributed by atoms with E-state index >= 15 is 0 Å². The second-order valence-corrected chi connectivity index (χ2v) is 2.66. The number of hydrogen-bond donors (Lipinski definition) is 1. The molecule has 10 heavy (non-hydrogen) atoms. The van der Waals surface area contributed by atoms with Crippen molar-refractivity contribution in [2.45, 2.75) is 52.0 Å². The number of hydrogen-bond acceptors (Lipinski definition) is 1. The van der Waals surface area contributed by atoms with E-state index in [0.717, 1.165) is 6.42 Å². The summed E-state index contributed by atoms with van der Waals surface area (Å²) in [7, 11) is 0. The molecular weight excluding hydrogens is 190 g/mol. The maximum atomic E-state index is 5.71. The zero-order chi connectivity index (χ0) is 7.11. The molecule has 2 heteroatoms. The first kappa shape index (κ1) is 13.1. The van der Waals surface area contributed by atoms with Crippen LogP contribution in [0, 0.1) is 0 Å². The van der Waals surface area contributed by atoms with E-state index in [1.807, 2.05) is 0 Å². The van der Waals surface area contributed by atoms with Crippen molar-refractivity contribution in [2.75, 3.05) is 0 Å². The Hall–Kier alpha value is 0.440. The number of rotatable bonds is 5. The van der Waals surface area contributed by atoms with Gasteiger partial charge in [-0.3, -0.25) is 0 Å². The zero-order valence-corrected chi connectivity index (χ0v) is 8.81. The molecule has 0 aromatic heterocycles. The van der Waals surface area contributed by atoms with E-state index in [2.05, 4.69) is 13.8 Å².